The standard InChI is InChI=1S/C23H26N2O3S/c1-3-25(4-2)14-15-29-16-20(26)24-21-22(27)18-12-8-9-13-19(18)28-23(21)17-10-6-5-7-11-17/h5-13H,3-4,14-16H2,1-2H3,(H,24,26). The molecule has 3 rings (SSSR count). The predicted molar refractivity (Wildman–Crippen MR) is 122 cm³/mol. The third-order valence-corrected chi connectivity index (χ3v) is 5.72. The van der Waals surface area contributed by atoms with E-state index in [4.69, 9.17) is 4.42 Å². The molecule has 0 aliphatic carbocycles. The first-order valence-corrected chi connectivity index (χ1v) is 11.0. The topological polar surface area (TPSA) is 62.6 Å². The zero-order chi connectivity index (χ0) is 20.6. The minimum Gasteiger partial charge on any atom is -0.454 e. The average Bonchev–Trinajstić information content (AvgIpc) is 2.76. The Morgan fingerprint density at radius 1 is 1.03 bits per heavy atom. The normalized spacial score (nSPS) is 11.1. The molecule has 2 aromatic carbocycles. The largest absolute Gasteiger partial charge is 0.454 e. The second-order valence-electron chi connectivity index (χ2n) is 6.63. The highest BCUT2D eigenvalue weighted by atomic mass is 32.2. The molecule has 0 aliphatic rings. The Morgan fingerprint density at radius 2 is 1.72 bits per heavy atom. The lowest BCUT2D eigenvalue weighted by Gasteiger charge is -2.17. The predicted octanol–water partition coefficient (Wildman–Crippen LogP) is 4.47. The maximum atomic E-state index is 13.1. The van der Waals surface area contributed by atoms with Gasteiger partial charge >= 0.3 is 0 Å². The Hall–Kier alpha value is -2.57. The van der Waals surface area contributed by atoms with Crippen LogP contribution in [0.3, 0.4) is 0 Å². The van der Waals surface area contributed by atoms with Crippen molar-refractivity contribution in [3.8, 4) is 11.3 Å². The second kappa shape index (κ2) is 10.3. The number of para-hydroxylation sites is 1. The zero-order valence-electron chi connectivity index (χ0n) is 16.8. The average molecular weight is 411 g/mol. The van der Waals surface area contributed by atoms with E-state index in [2.05, 4.69) is 24.1 Å². The van der Waals surface area contributed by atoms with E-state index in [1.165, 1.54) is 0 Å². The number of fused-ring (bicyclic) bond motifs is 1. The van der Waals surface area contributed by atoms with Crippen LogP contribution in [0, 0.1) is 0 Å². The molecule has 6 heteroatoms. The summed E-state index contributed by atoms with van der Waals surface area (Å²) in [5.41, 5.74) is 1.22. The third kappa shape index (κ3) is 5.28. The number of carbonyl (C=O) groups is 1. The van der Waals surface area contributed by atoms with Crippen LogP contribution in [0.15, 0.2) is 63.8 Å². The van der Waals surface area contributed by atoms with Crippen LogP contribution in [-0.2, 0) is 4.79 Å². The second-order valence-corrected chi connectivity index (χ2v) is 7.73. The summed E-state index contributed by atoms with van der Waals surface area (Å²) in [5, 5.41) is 3.26. The van der Waals surface area contributed by atoms with E-state index in [1.54, 1.807) is 30.0 Å². The van der Waals surface area contributed by atoms with Crippen molar-refractivity contribution in [2.24, 2.45) is 0 Å². The molecular formula is C23H26N2O3S. The Kier molecular flexibility index (Phi) is 7.49. The Balaban J connectivity index is 1.81. The zero-order valence-corrected chi connectivity index (χ0v) is 17.6. The summed E-state index contributed by atoms with van der Waals surface area (Å²) < 4.78 is 6.02. The monoisotopic (exact) mass is 410 g/mol. The van der Waals surface area contributed by atoms with Crippen molar-refractivity contribution in [2.45, 2.75) is 13.8 Å². The lowest BCUT2D eigenvalue weighted by atomic mass is 10.1. The van der Waals surface area contributed by atoms with Gasteiger partial charge in [0.1, 0.15) is 11.3 Å². The molecule has 29 heavy (non-hydrogen) atoms. The number of rotatable bonds is 9. The van der Waals surface area contributed by atoms with Gasteiger partial charge in [-0.05, 0) is 25.2 Å². The van der Waals surface area contributed by atoms with Crippen molar-refractivity contribution in [1.82, 2.24) is 4.90 Å². The summed E-state index contributed by atoms with van der Waals surface area (Å²) >= 11 is 1.56. The number of anilines is 1. The minimum absolute atomic E-state index is 0.198. The van der Waals surface area contributed by atoms with Crippen LogP contribution >= 0.6 is 11.8 Å². The number of nitrogens with zero attached hydrogens (tertiary/aromatic N) is 1. The summed E-state index contributed by atoms with van der Waals surface area (Å²) in [6, 6.07) is 16.5. The van der Waals surface area contributed by atoms with Gasteiger partial charge in [-0.1, -0.05) is 56.3 Å². The molecule has 0 radical (unpaired) electrons. The van der Waals surface area contributed by atoms with Gasteiger partial charge in [-0.25, -0.2) is 0 Å². The molecule has 0 atom stereocenters. The van der Waals surface area contributed by atoms with Crippen molar-refractivity contribution in [3.05, 3.63) is 64.8 Å². The van der Waals surface area contributed by atoms with Gasteiger partial charge in [0.25, 0.3) is 0 Å². The summed E-state index contributed by atoms with van der Waals surface area (Å²) in [6.45, 7) is 7.21. The van der Waals surface area contributed by atoms with Crippen molar-refractivity contribution in [1.29, 1.82) is 0 Å². The molecule has 1 heterocycles. The van der Waals surface area contributed by atoms with Gasteiger partial charge in [0.15, 0.2) is 5.76 Å². The van der Waals surface area contributed by atoms with Crippen LogP contribution in [0.1, 0.15) is 13.8 Å². The first-order chi connectivity index (χ1) is 14.1. The molecule has 0 spiro atoms. The molecule has 0 aliphatic heterocycles. The first-order valence-electron chi connectivity index (χ1n) is 9.85. The van der Waals surface area contributed by atoms with Crippen LogP contribution in [-0.4, -0.2) is 41.9 Å². The SMILES string of the molecule is CCN(CC)CCSCC(=O)Nc1c(-c2ccccc2)oc2ccccc2c1=O. The maximum Gasteiger partial charge on any atom is 0.234 e. The van der Waals surface area contributed by atoms with E-state index in [-0.39, 0.29) is 17.0 Å². The Bertz CT molecular complexity index is 1010. The van der Waals surface area contributed by atoms with Crippen LogP contribution in [0.5, 0.6) is 0 Å². The summed E-state index contributed by atoms with van der Waals surface area (Å²) in [7, 11) is 0. The van der Waals surface area contributed by atoms with Crippen molar-refractivity contribution < 1.29 is 9.21 Å². The minimum atomic E-state index is -0.229. The molecule has 1 amide bonds. The summed E-state index contributed by atoms with van der Waals surface area (Å²) in [6.07, 6.45) is 0. The highest BCUT2D eigenvalue weighted by Crippen LogP contribution is 2.29. The van der Waals surface area contributed by atoms with Crippen molar-refractivity contribution >= 4 is 34.3 Å². The van der Waals surface area contributed by atoms with Gasteiger partial charge in [-0.3, -0.25) is 9.59 Å². The van der Waals surface area contributed by atoms with E-state index >= 15 is 0 Å². The summed E-state index contributed by atoms with van der Waals surface area (Å²) in [5.74, 6) is 1.35. The fraction of sp³-hybridized carbons (Fsp3) is 0.304. The quantitative estimate of drug-likeness (QED) is 0.527. The highest BCUT2D eigenvalue weighted by molar-refractivity contribution is 7.99. The number of amides is 1. The lowest BCUT2D eigenvalue weighted by molar-refractivity contribution is -0.113. The van der Waals surface area contributed by atoms with Crippen LogP contribution in [0.2, 0.25) is 0 Å². The molecule has 0 bridgehead atoms. The van der Waals surface area contributed by atoms with Gasteiger partial charge in [0, 0.05) is 17.9 Å². The molecule has 0 unspecified atom stereocenters. The molecular weight excluding hydrogens is 384 g/mol. The fourth-order valence-electron chi connectivity index (χ4n) is 3.12. The lowest BCUT2D eigenvalue weighted by Crippen LogP contribution is -2.26. The molecule has 1 aromatic heterocycles. The third-order valence-electron chi connectivity index (χ3n) is 4.78. The Labute approximate surface area is 175 Å². The van der Waals surface area contributed by atoms with Gasteiger partial charge in [0.05, 0.1) is 11.1 Å². The number of hydrogen-bond acceptors (Lipinski definition) is 5. The van der Waals surface area contributed by atoms with Gasteiger partial charge in [0.2, 0.25) is 11.3 Å². The number of benzene rings is 2. The number of hydrogen-bond donors (Lipinski definition) is 1. The fourth-order valence-corrected chi connectivity index (χ4v) is 3.91. The molecule has 0 fully saturated rings. The first kappa shape index (κ1) is 21.1. The Morgan fingerprint density at radius 3 is 2.45 bits per heavy atom. The van der Waals surface area contributed by atoms with Crippen molar-refractivity contribution in [3.63, 3.8) is 0 Å². The van der Waals surface area contributed by atoms with Crippen molar-refractivity contribution in [2.75, 3.05) is 36.5 Å². The van der Waals surface area contributed by atoms with E-state index in [0.717, 1.165) is 31.0 Å². The van der Waals surface area contributed by atoms with E-state index in [9.17, 15) is 9.59 Å². The smallest absolute Gasteiger partial charge is 0.234 e. The van der Waals surface area contributed by atoms with Crippen LogP contribution in [0.25, 0.3) is 22.3 Å². The van der Waals surface area contributed by atoms with Crippen LogP contribution < -0.4 is 10.7 Å². The highest BCUT2D eigenvalue weighted by Gasteiger charge is 2.18. The van der Waals surface area contributed by atoms with E-state index in [0.29, 0.717) is 22.5 Å². The molecule has 5 nitrogen and oxygen atoms in total. The van der Waals surface area contributed by atoms with Crippen LogP contribution in [0.4, 0.5) is 5.69 Å². The van der Waals surface area contributed by atoms with Gasteiger partial charge < -0.3 is 14.6 Å². The van der Waals surface area contributed by atoms with Gasteiger partial charge in [-0.2, -0.15) is 11.8 Å². The molecule has 1 N–H and O–H groups in total. The molecule has 0 saturated heterocycles. The maximum absolute atomic E-state index is 13.1. The van der Waals surface area contributed by atoms with E-state index in [1.807, 2.05) is 36.4 Å². The number of thioether (sulfide) groups is 1. The number of carbonyl (C=O) groups excluding carboxylic acids is 1. The summed E-state index contributed by atoms with van der Waals surface area (Å²) in [4.78, 5) is 27.9. The molecule has 152 valence electrons. The molecule has 3 aromatic rings. The van der Waals surface area contributed by atoms with Gasteiger partial charge in [-0.15, -0.1) is 0 Å². The van der Waals surface area contributed by atoms with E-state index < -0.39 is 0 Å². The molecule has 0 saturated carbocycles. The number of nitrogens with one attached hydrogen (secondary N) is 1.